The second-order valence-corrected chi connectivity index (χ2v) is 3.85. The molecular weight excluding hydrogens is 242 g/mol. The quantitative estimate of drug-likeness (QED) is 0.779. The zero-order valence-electron chi connectivity index (χ0n) is 7.66. The van der Waals surface area contributed by atoms with Gasteiger partial charge in [-0.15, -0.1) is 0 Å². The Morgan fingerprint density at radius 1 is 1.57 bits per heavy atom. The molecule has 1 aromatic heterocycles. The van der Waals surface area contributed by atoms with Crippen molar-refractivity contribution in [3.8, 4) is 6.07 Å². The predicted molar refractivity (Wildman–Crippen MR) is 57.7 cm³/mol. The Balaban J connectivity index is 2.66. The first-order chi connectivity index (χ1) is 6.72. The highest BCUT2D eigenvalue weighted by Crippen LogP contribution is 2.23. The Morgan fingerprint density at radius 3 is 3.07 bits per heavy atom. The Kier molecular flexibility index (Phi) is 2.26. The number of nitrogens with zero attached hydrogens (tertiary/aromatic N) is 3. The number of halogens is 1. The fourth-order valence-corrected chi connectivity index (χ4v) is 2.03. The van der Waals surface area contributed by atoms with Crippen molar-refractivity contribution in [3.05, 3.63) is 28.4 Å². The summed E-state index contributed by atoms with van der Waals surface area (Å²) in [6.45, 7) is 0. The maximum Gasteiger partial charge on any atom is 0.135 e. The minimum atomic E-state index is 0.442. The van der Waals surface area contributed by atoms with Crippen molar-refractivity contribution >= 4 is 26.8 Å². The van der Waals surface area contributed by atoms with Crippen LogP contribution in [0.15, 0.2) is 22.8 Å². The van der Waals surface area contributed by atoms with Gasteiger partial charge in [-0.3, -0.25) is 4.68 Å². The van der Waals surface area contributed by atoms with E-state index in [0.717, 1.165) is 21.1 Å². The van der Waals surface area contributed by atoms with E-state index in [9.17, 15) is 0 Å². The lowest BCUT2D eigenvalue weighted by Crippen LogP contribution is -1.89. The minimum absolute atomic E-state index is 0.442. The highest BCUT2D eigenvalue weighted by atomic mass is 79.9. The molecule has 0 amide bonds. The summed E-state index contributed by atoms with van der Waals surface area (Å²) in [6, 6.07) is 8.07. The molecule has 0 aliphatic heterocycles. The number of benzene rings is 1. The fraction of sp³-hybridized carbons (Fsp3) is 0.200. The summed E-state index contributed by atoms with van der Waals surface area (Å²) in [5.74, 6) is 0. The first-order valence-electron chi connectivity index (χ1n) is 4.20. The van der Waals surface area contributed by atoms with Crippen molar-refractivity contribution in [2.75, 3.05) is 0 Å². The molecule has 0 aliphatic carbocycles. The third kappa shape index (κ3) is 1.40. The molecule has 0 saturated heterocycles. The molecule has 4 heteroatoms. The second kappa shape index (κ2) is 3.43. The SMILES string of the molecule is Cn1nc(Br)c2cc(CC#N)ccc21. The normalized spacial score (nSPS) is 10.4. The molecule has 0 fully saturated rings. The molecular formula is C10H8BrN3. The van der Waals surface area contributed by atoms with Crippen molar-refractivity contribution in [1.29, 1.82) is 5.26 Å². The highest BCUT2D eigenvalue weighted by molar-refractivity contribution is 9.10. The van der Waals surface area contributed by atoms with Gasteiger partial charge in [0.2, 0.25) is 0 Å². The number of aryl methyl sites for hydroxylation is 1. The van der Waals surface area contributed by atoms with E-state index in [1.807, 2.05) is 29.9 Å². The second-order valence-electron chi connectivity index (χ2n) is 3.10. The van der Waals surface area contributed by atoms with Crippen LogP contribution in [-0.4, -0.2) is 9.78 Å². The molecule has 0 radical (unpaired) electrons. The first-order valence-corrected chi connectivity index (χ1v) is 5.00. The molecule has 0 spiro atoms. The molecule has 0 aliphatic rings. The summed E-state index contributed by atoms with van der Waals surface area (Å²) in [5, 5.41) is 13.9. The molecule has 0 bridgehead atoms. The van der Waals surface area contributed by atoms with Gasteiger partial charge < -0.3 is 0 Å². The van der Waals surface area contributed by atoms with Crippen LogP contribution in [-0.2, 0) is 13.5 Å². The van der Waals surface area contributed by atoms with Crippen molar-refractivity contribution in [2.24, 2.45) is 7.05 Å². The summed E-state index contributed by atoms with van der Waals surface area (Å²) >= 11 is 3.39. The van der Waals surface area contributed by atoms with Gasteiger partial charge in [-0.2, -0.15) is 10.4 Å². The Labute approximate surface area is 90.1 Å². The maximum atomic E-state index is 8.58. The average Bonchev–Trinajstić information content (AvgIpc) is 2.43. The lowest BCUT2D eigenvalue weighted by atomic mass is 10.1. The first kappa shape index (κ1) is 9.22. The number of aromatic nitrogens is 2. The van der Waals surface area contributed by atoms with Crippen LogP contribution in [0.5, 0.6) is 0 Å². The van der Waals surface area contributed by atoms with E-state index >= 15 is 0 Å². The van der Waals surface area contributed by atoms with Crippen molar-refractivity contribution in [3.63, 3.8) is 0 Å². The van der Waals surface area contributed by atoms with Crippen LogP contribution in [0.1, 0.15) is 5.56 Å². The number of rotatable bonds is 1. The van der Waals surface area contributed by atoms with Crippen molar-refractivity contribution in [2.45, 2.75) is 6.42 Å². The van der Waals surface area contributed by atoms with Crippen molar-refractivity contribution in [1.82, 2.24) is 9.78 Å². The lowest BCUT2D eigenvalue weighted by Gasteiger charge is -1.96. The molecule has 1 heterocycles. The molecule has 3 nitrogen and oxygen atoms in total. The predicted octanol–water partition coefficient (Wildman–Crippen LogP) is 2.40. The molecule has 2 rings (SSSR count). The summed E-state index contributed by atoms with van der Waals surface area (Å²) in [6.07, 6.45) is 0.442. The summed E-state index contributed by atoms with van der Waals surface area (Å²) in [4.78, 5) is 0. The van der Waals surface area contributed by atoms with Crippen LogP contribution >= 0.6 is 15.9 Å². The molecule has 1 aromatic carbocycles. The molecule has 0 N–H and O–H groups in total. The van der Waals surface area contributed by atoms with Gasteiger partial charge in [0.05, 0.1) is 18.0 Å². The van der Waals surface area contributed by atoms with Gasteiger partial charge in [-0.05, 0) is 33.6 Å². The van der Waals surface area contributed by atoms with Crippen LogP contribution in [0.3, 0.4) is 0 Å². The standard InChI is InChI=1S/C10H8BrN3/c1-14-9-3-2-7(4-5-12)6-8(9)10(11)13-14/h2-3,6H,4H2,1H3. The van der Waals surface area contributed by atoms with Crippen LogP contribution < -0.4 is 0 Å². The van der Waals surface area contributed by atoms with E-state index in [1.54, 1.807) is 0 Å². The number of hydrogen-bond acceptors (Lipinski definition) is 2. The van der Waals surface area contributed by atoms with Crippen LogP contribution in [0.4, 0.5) is 0 Å². The van der Waals surface area contributed by atoms with E-state index in [4.69, 9.17) is 5.26 Å². The number of hydrogen-bond donors (Lipinski definition) is 0. The Morgan fingerprint density at radius 2 is 2.36 bits per heavy atom. The lowest BCUT2D eigenvalue weighted by molar-refractivity contribution is 0.788. The van der Waals surface area contributed by atoms with Crippen LogP contribution in [0.25, 0.3) is 10.9 Å². The van der Waals surface area contributed by atoms with Crippen LogP contribution in [0, 0.1) is 11.3 Å². The summed E-state index contributed by atoms with van der Waals surface area (Å²) in [7, 11) is 1.90. The zero-order valence-corrected chi connectivity index (χ0v) is 9.24. The third-order valence-corrected chi connectivity index (χ3v) is 2.74. The maximum absolute atomic E-state index is 8.58. The molecule has 0 saturated carbocycles. The minimum Gasteiger partial charge on any atom is -0.267 e. The average molecular weight is 250 g/mol. The monoisotopic (exact) mass is 249 g/mol. The van der Waals surface area contributed by atoms with Gasteiger partial charge >= 0.3 is 0 Å². The zero-order chi connectivity index (χ0) is 10.1. The largest absolute Gasteiger partial charge is 0.267 e. The van der Waals surface area contributed by atoms with E-state index in [0.29, 0.717) is 6.42 Å². The molecule has 70 valence electrons. The van der Waals surface area contributed by atoms with Gasteiger partial charge in [-0.1, -0.05) is 6.07 Å². The highest BCUT2D eigenvalue weighted by Gasteiger charge is 2.05. The van der Waals surface area contributed by atoms with Crippen molar-refractivity contribution < 1.29 is 0 Å². The number of nitriles is 1. The van der Waals surface area contributed by atoms with E-state index < -0.39 is 0 Å². The van der Waals surface area contributed by atoms with E-state index in [-0.39, 0.29) is 0 Å². The van der Waals surface area contributed by atoms with E-state index in [2.05, 4.69) is 27.1 Å². The fourth-order valence-electron chi connectivity index (χ4n) is 1.47. The van der Waals surface area contributed by atoms with Crippen LogP contribution in [0.2, 0.25) is 0 Å². The molecule has 0 unspecified atom stereocenters. The van der Waals surface area contributed by atoms with Gasteiger partial charge in [0.25, 0.3) is 0 Å². The topological polar surface area (TPSA) is 41.6 Å². The van der Waals surface area contributed by atoms with Gasteiger partial charge in [0.1, 0.15) is 4.60 Å². The van der Waals surface area contributed by atoms with Gasteiger partial charge in [-0.25, -0.2) is 0 Å². The van der Waals surface area contributed by atoms with E-state index in [1.165, 1.54) is 0 Å². The van der Waals surface area contributed by atoms with Gasteiger partial charge in [0, 0.05) is 12.4 Å². The summed E-state index contributed by atoms with van der Waals surface area (Å²) in [5.41, 5.74) is 2.09. The summed E-state index contributed by atoms with van der Waals surface area (Å²) < 4.78 is 2.64. The Bertz CT molecular complexity index is 522. The third-order valence-electron chi connectivity index (χ3n) is 2.15. The Hall–Kier alpha value is -1.34. The van der Waals surface area contributed by atoms with Gasteiger partial charge in [0.15, 0.2) is 0 Å². The molecule has 0 atom stereocenters. The smallest absolute Gasteiger partial charge is 0.135 e. The molecule has 2 aromatic rings. The number of fused-ring (bicyclic) bond motifs is 1. The molecule has 14 heavy (non-hydrogen) atoms.